The van der Waals surface area contributed by atoms with E-state index in [1.54, 1.807) is 21.4 Å². The van der Waals surface area contributed by atoms with Crippen LogP contribution in [-0.2, 0) is 13.0 Å². The maximum atomic E-state index is 13.1. The van der Waals surface area contributed by atoms with Gasteiger partial charge in [0.25, 0.3) is 11.5 Å². The number of carbonyl (C=O) groups is 1. The summed E-state index contributed by atoms with van der Waals surface area (Å²) in [5, 5.41) is 7.43. The number of rotatable bonds is 7. The van der Waals surface area contributed by atoms with Crippen LogP contribution in [0.25, 0.3) is 16.6 Å². The number of carbonyl (C=O) groups excluding carboxylic acids is 1. The number of furan rings is 1. The summed E-state index contributed by atoms with van der Waals surface area (Å²) >= 11 is 0. The molecule has 156 valence electrons. The van der Waals surface area contributed by atoms with E-state index < -0.39 is 0 Å². The van der Waals surface area contributed by atoms with Crippen molar-refractivity contribution in [2.45, 2.75) is 46.2 Å². The highest BCUT2D eigenvalue weighted by molar-refractivity contribution is 5.94. The van der Waals surface area contributed by atoms with Crippen LogP contribution < -0.4 is 10.9 Å². The molecule has 1 aromatic carbocycles. The molecule has 0 aliphatic rings. The summed E-state index contributed by atoms with van der Waals surface area (Å²) in [5.74, 6) is 0.916. The molecule has 0 saturated carbocycles. The molecule has 1 unspecified atom stereocenters. The normalized spacial score (nSPS) is 12.7. The molecule has 3 aromatic heterocycles. The predicted molar refractivity (Wildman–Crippen MR) is 116 cm³/mol. The summed E-state index contributed by atoms with van der Waals surface area (Å²) in [6.45, 7) is 6.70. The van der Waals surface area contributed by atoms with E-state index in [-0.39, 0.29) is 23.2 Å². The number of nitrogens with one attached hydrogen (secondary N) is 1. The first-order valence-corrected chi connectivity index (χ1v) is 10.3. The molecule has 0 radical (unpaired) electrons. The molecule has 1 amide bonds. The Morgan fingerprint density at radius 2 is 1.87 bits per heavy atom. The van der Waals surface area contributed by atoms with Crippen molar-refractivity contribution in [3.8, 4) is 0 Å². The van der Waals surface area contributed by atoms with E-state index >= 15 is 0 Å². The average Bonchev–Trinajstić information content (AvgIpc) is 3.39. The van der Waals surface area contributed by atoms with Crippen molar-refractivity contribution in [2.75, 3.05) is 0 Å². The first-order chi connectivity index (χ1) is 14.4. The third kappa shape index (κ3) is 3.87. The Balaban J connectivity index is 1.64. The van der Waals surface area contributed by atoms with Gasteiger partial charge in [0.05, 0.1) is 17.3 Å². The van der Waals surface area contributed by atoms with Crippen molar-refractivity contribution in [2.24, 2.45) is 5.92 Å². The van der Waals surface area contributed by atoms with Crippen molar-refractivity contribution >= 4 is 22.5 Å². The zero-order valence-electron chi connectivity index (χ0n) is 17.5. The van der Waals surface area contributed by atoms with Crippen LogP contribution in [0.2, 0.25) is 0 Å². The maximum absolute atomic E-state index is 13.1. The van der Waals surface area contributed by atoms with Crippen molar-refractivity contribution in [3.63, 3.8) is 0 Å². The molecule has 4 rings (SSSR count). The summed E-state index contributed by atoms with van der Waals surface area (Å²) in [5.41, 5.74) is 2.12. The lowest BCUT2D eigenvalue weighted by atomic mass is 10.1. The minimum atomic E-state index is -0.287. The number of hydrogen-bond donors (Lipinski definition) is 1. The van der Waals surface area contributed by atoms with E-state index in [1.807, 2.05) is 43.3 Å². The van der Waals surface area contributed by atoms with Crippen molar-refractivity contribution in [1.29, 1.82) is 0 Å². The molecule has 1 atom stereocenters. The van der Waals surface area contributed by atoms with Crippen LogP contribution in [0.5, 0.6) is 0 Å². The average molecular weight is 406 g/mol. The molecule has 7 heteroatoms. The number of aryl methyl sites for hydroxylation is 1. The molecule has 4 aromatic rings. The highest BCUT2D eigenvalue weighted by atomic mass is 16.3. The number of amides is 1. The Morgan fingerprint density at radius 1 is 1.10 bits per heavy atom. The Hall–Kier alpha value is -3.35. The molecule has 0 saturated heterocycles. The van der Waals surface area contributed by atoms with E-state index in [9.17, 15) is 9.59 Å². The molecular weight excluding hydrogens is 380 g/mol. The van der Waals surface area contributed by atoms with Gasteiger partial charge in [-0.1, -0.05) is 26.0 Å². The number of hydrogen-bond acceptors (Lipinski definition) is 4. The van der Waals surface area contributed by atoms with Crippen LogP contribution >= 0.6 is 0 Å². The topological polar surface area (TPSA) is 81.5 Å². The lowest BCUT2D eigenvalue weighted by Crippen LogP contribution is -2.33. The van der Waals surface area contributed by atoms with Gasteiger partial charge in [-0.3, -0.25) is 9.59 Å². The number of aromatic nitrogens is 3. The third-order valence-corrected chi connectivity index (χ3v) is 5.14. The van der Waals surface area contributed by atoms with E-state index in [0.717, 1.165) is 29.6 Å². The fraction of sp³-hybridized carbons (Fsp3) is 0.348. The van der Waals surface area contributed by atoms with Gasteiger partial charge in [0.1, 0.15) is 11.3 Å². The Kier molecular flexibility index (Phi) is 5.44. The van der Waals surface area contributed by atoms with Gasteiger partial charge >= 0.3 is 0 Å². The molecule has 3 heterocycles. The molecule has 1 N–H and O–H groups in total. The van der Waals surface area contributed by atoms with Gasteiger partial charge in [0, 0.05) is 25.1 Å². The van der Waals surface area contributed by atoms with Crippen LogP contribution in [0.1, 0.15) is 43.4 Å². The molecule has 0 aliphatic carbocycles. The first kappa shape index (κ1) is 19.9. The number of benzene rings is 1. The van der Waals surface area contributed by atoms with Crippen molar-refractivity contribution < 1.29 is 9.21 Å². The van der Waals surface area contributed by atoms with Crippen LogP contribution in [0.3, 0.4) is 0 Å². The molecular formula is C23H26N4O3. The number of fused-ring (bicyclic) bond motifs is 3. The Bertz CT molecular complexity index is 1230. The zero-order chi connectivity index (χ0) is 21.3. The van der Waals surface area contributed by atoms with Gasteiger partial charge in [-0.05, 0) is 43.5 Å². The van der Waals surface area contributed by atoms with E-state index in [4.69, 9.17) is 4.42 Å². The molecule has 30 heavy (non-hydrogen) atoms. The Morgan fingerprint density at radius 3 is 2.57 bits per heavy atom. The van der Waals surface area contributed by atoms with E-state index in [1.165, 1.54) is 0 Å². The largest absolute Gasteiger partial charge is 0.469 e. The highest BCUT2D eigenvalue weighted by Crippen LogP contribution is 2.16. The minimum absolute atomic E-state index is 0.0539. The summed E-state index contributed by atoms with van der Waals surface area (Å²) < 4.78 is 8.69. The quantitative estimate of drug-likeness (QED) is 0.508. The van der Waals surface area contributed by atoms with Crippen molar-refractivity contribution in [1.82, 2.24) is 19.5 Å². The zero-order valence-corrected chi connectivity index (χ0v) is 17.5. The monoisotopic (exact) mass is 406 g/mol. The summed E-state index contributed by atoms with van der Waals surface area (Å²) in [6.07, 6.45) is 3.13. The molecule has 0 spiro atoms. The molecule has 0 bridgehead atoms. The Labute approximate surface area is 174 Å². The van der Waals surface area contributed by atoms with Gasteiger partial charge in [0.2, 0.25) is 0 Å². The minimum Gasteiger partial charge on any atom is -0.469 e. The first-order valence-electron chi connectivity index (χ1n) is 10.3. The van der Waals surface area contributed by atoms with E-state index in [0.29, 0.717) is 18.0 Å². The van der Waals surface area contributed by atoms with Gasteiger partial charge in [0.15, 0.2) is 5.69 Å². The van der Waals surface area contributed by atoms with Crippen LogP contribution in [0.15, 0.2) is 57.9 Å². The van der Waals surface area contributed by atoms with Crippen LogP contribution in [0, 0.1) is 5.92 Å². The fourth-order valence-corrected chi connectivity index (χ4v) is 3.68. The predicted octanol–water partition coefficient (Wildman–Crippen LogP) is 3.65. The fourth-order valence-electron chi connectivity index (χ4n) is 3.68. The van der Waals surface area contributed by atoms with Gasteiger partial charge in [-0.15, -0.1) is 0 Å². The molecule has 0 fully saturated rings. The maximum Gasteiger partial charge on any atom is 0.277 e. The summed E-state index contributed by atoms with van der Waals surface area (Å²) in [6, 6.07) is 12.9. The molecule has 0 aliphatic heterocycles. The number of nitrogens with zero attached hydrogens (tertiary/aromatic N) is 3. The SMILES string of the molecule is CC(C)Cn1c(=O)c2cc(C(=O)NC(C)CCc3ccco3)nn2c2ccccc21. The highest BCUT2D eigenvalue weighted by Gasteiger charge is 2.19. The van der Waals surface area contributed by atoms with Gasteiger partial charge < -0.3 is 14.3 Å². The lowest BCUT2D eigenvalue weighted by molar-refractivity contribution is 0.0933. The summed E-state index contributed by atoms with van der Waals surface area (Å²) in [7, 11) is 0. The van der Waals surface area contributed by atoms with Crippen molar-refractivity contribution in [3.05, 3.63) is 70.5 Å². The second-order valence-electron chi connectivity index (χ2n) is 8.12. The smallest absolute Gasteiger partial charge is 0.277 e. The summed E-state index contributed by atoms with van der Waals surface area (Å²) in [4.78, 5) is 25.9. The van der Waals surface area contributed by atoms with Crippen LogP contribution in [0.4, 0.5) is 0 Å². The standard InChI is InChI=1S/C23H26N4O3/c1-15(2)14-26-19-8-4-5-9-20(19)27-21(23(26)29)13-18(25-27)22(28)24-16(3)10-11-17-7-6-12-30-17/h4-9,12-13,15-16H,10-11,14H2,1-3H3,(H,24,28). The second-order valence-corrected chi connectivity index (χ2v) is 8.12. The second kappa shape index (κ2) is 8.18. The van der Waals surface area contributed by atoms with E-state index in [2.05, 4.69) is 24.3 Å². The lowest BCUT2D eigenvalue weighted by Gasteiger charge is -2.13. The van der Waals surface area contributed by atoms with Gasteiger partial charge in [-0.25, -0.2) is 4.52 Å². The van der Waals surface area contributed by atoms with Gasteiger partial charge in [-0.2, -0.15) is 5.10 Å². The molecule has 7 nitrogen and oxygen atoms in total. The van der Waals surface area contributed by atoms with Crippen LogP contribution in [-0.4, -0.2) is 26.1 Å². The third-order valence-electron chi connectivity index (χ3n) is 5.14. The number of para-hydroxylation sites is 2.